The van der Waals surface area contributed by atoms with Gasteiger partial charge in [0, 0.05) is 19.3 Å². The van der Waals surface area contributed by atoms with E-state index in [4.69, 9.17) is 4.74 Å². The van der Waals surface area contributed by atoms with Gasteiger partial charge in [0.25, 0.3) is 0 Å². The van der Waals surface area contributed by atoms with E-state index in [2.05, 4.69) is 24.3 Å². The van der Waals surface area contributed by atoms with Crippen LogP contribution >= 0.6 is 0 Å². The van der Waals surface area contributed by atoms with Crippen LogP contribution in [0.3, 0.4) is 0 Å². The molecule has 1 atom stereocenters. The van der Waals surface area contributed by atoms with Crippen LogP contribution in [-0.2, 0) is 4.74 Å². The first-order chi connectivity index (χ1) is 7.79. The van der Waals surface area contributed by atoms with Crippen LogP contribution in [0.1, 0.15) is 25.7 Å². The Morgan fingerprint density at radius 2 is 1.56 bits per heavy atom. The van der Waals surface area contributed by atoms with E-state index in [1.165, 1.54) is 38.8 Å². The first-order valence-corrected chi connectivity index (χ1v) is 6.74. The Bertz CT molecular complexity index is 178. The Morgan fingerprint density at radius 1 is 1.00 bits per heavy atom. The minimum atomic E-state index is 0.769. The molecule has 2 aliphatic heterocycles. The van der Waals surface area contributed by atoms with Crippen LogP contribution < -0.4 is 5.32 Å². The summed E-state index contributed by atoms with van der Waals surface area (Å²) >= 11 is 0. The zero-order chi connectivity index (χ0) is 11.4. The Labute approximate surface area is 99.5 Å². The summed E-state index contributed by atoms with van der Waals surface area (Å²) in [7, 11) is 4.50. The van der Waals surface area contributed by atoms with Crippen LogP contribution in [0.4, 0.5) is 0 Å². The monoisotopic (exact) mass is 226 g/mol. The molecule has 2 aliphatic rings. The quantitative estimate of drug-likeness (QED) is 0.786. The van der Waals surface area contributed by atoms with Gasteiger partial charge in [-0.1, -0.05) is 0 Å². The van der Waals surface area contributed by atoms with Gasteiger partial charge < -0.3 is 15.0 Å². The molecule has 2 saturated heterocycles. The van der Waals surface area contributed by atoms with Gasteiger partial charge in [0.05, 0.1) is 0 Å². The molecule has 16 heavy (non-hydrogen) atoms. The van der Waals surface area contributed by atoms with Gasteiger partial charge in [-0.15, -0.1) is 0 Å². The number of nitrogens with zero attached hydrogens (tertiary/aromatic N) is 1. The second-order valence-electron chi connectivity index (χ2n) is 5.49. The summed E-state index contributed by atoms with van der Waals surface area (Å²) in [5.74, 6) is 1.74. The number of rotatable bonds is 3. The van der Waals surface area contributed by atoms with E-state index in [9.17, 15) is 0 Å². The van der Waals surface area contributed by atoms with Crippen molar-refractivity contribution in [2.75, 3.05) is 40.4 Å². The summed E-state index contributed by atoms with van der Waals surface area (Å²) in [6, 6.07) is 0.769. The molecule has 0 amide bonds. The highest BCUT2D eigenvalue weighted by molar-refractivity contribution is 4.86. The summed E-state index contributed by atoms with van der Waals surface area (Å²) in [4.78, 5) is 2.46. The van der Waals surface area contributed by atoms with Crippen LogP contribution in [0, 0.1) is 11.8 Å². The fraction of sp³-hybridized carbons (Fsp3) is 1.00. The fourth-order valence-electron chi connectivity index (χ4n) is 3.47. The molecule has 0 aromatic carbocycles. The van der Waals surface area contributed by atoms with Crippen molar-refractivity contribution in [1.82, 2.24) is 10.2 Å². The maximum absolute atomic E-state index is 5.49. The molecule has 2 rings (SSSR count). The number of ether oxygens (including phenoxy) is 1. The van der Waals surface area contributed by atoms with E-state index in [0.29, 0.717) is 0 Å². The lowest BCUT2D eigenvalue weighted by atomic mass is 9.78. The van der Waals surface area contributed by atoms with Crippen LogP contribution in [0.2, 0.25) is 0 Å². The molecule has 94 valence electrons. The highest BCUT2D eigenvalue weighted by Crippen LogP contribution is 2.31. The van der Waals surface area contributed by atoms with Gasteiger partial charge in [-0.3, -0.25) is 0 Å². The zero-order valence-corrected chi connectivity index (χ0v) is 10.7. The van der Waals surface area contributed by atoms with Crippen molar-refractivity contribution in [3.8, 4) is 0 Å². The fourth-order valence-corrected chi connectivity index (χ4v) is 3.47. The maximum Gasteiger partial charge on any atom is 0.0469 e. The normalized spacial score (nSPS) is 27.2. The Hall–Kier alpha value is -0.120. The molecule has 0 saturated carbocycles. The van der Waals surface area contributed by atoms with E-state index < -0.39 is 0 Å². The smallest absolute Gasteiger partial charge is 0.0469 e. The number of piperidine rings is 1. The molecule has 0 bridgehead atoms. The third-order valence-electron chi connectivity index (χ3n) is 4.21. The van der Waals surface area contributed by atoms with E-state index in [0.717, 1.165) is 31.1 Å². The van der Waals surface area contributed by atoms with Crippen molar-refractivity contribution in [2.45, 2.75) is 31.7 Å². The Balaban J connectivity index is 1.96. The Kier molecular flexibility index (Phi) is 4.62. The average molecular weight is 226 g/mol. The SMILES string of the molecule is CN(C)C(C1CCNCC1)C1CCOCC1. The first kappa shape index (κ1) is 12.3. The lowest BCUT2D eigenvalue weighted by Crippen LogP contribution is -2.47. The zero-order valence-electron chi connectivity index (χ0n) is 10.7. The van der Waals surface area contributed by atoms with Crippen molar-refractivity contribution in [3.63, 3.8) is 0 Å². The predicted octanol–water partition coefficient (Wildman–Crippen LogP) is 1.34. The number of nitrogens with one attached hydrogen (secondary N) is 1. The van der Waals surface area contributed by atoms with Gasteiger partial charge in [-0.05, 0) is 64.7 Å². The molecule has 1 unspecified atom stereocenters. The van der Waals surface area contributed by atoms with Crippen molar-refractivity contribution in [1.29, 1.82) is 0 Å². The van der Waals surface area contributed by atoms with Gasteiger partial charge in [0.1, 0.15) is 0 Å². The minimum Gasteiger partial charge on any atom is -0.381 e. The molecule has 0 spiro atoms. The molecule has 0 radical (unpaired) electrons. The molecular weight excluding hydrogens is 200 g/mol. The van der Waals surface area contributed by atoms with Gasteiger partial charge >= 0.3 is 0 Å². The summed E-state index contributed by atoms with van der Waals surface area (Å²) in [5.41, 5.74) is 0. The topological polar surface area (TPSA) is 24.5 Å². The lowest BCUT2D eigenvalue weighted by Gasteiger charge is -2.41. The van der Waals surface area contributed by atoms with Crippen LogP contribution in [0.5, 0.6) is 0 Å². The molecule has 1 N–H and O–H groups in total. The predicted molar refractivity (Wildman–Crippen MR) is 66.6 cm³/mol. The van der Waals surface area contributed by atoms with E-state index in [1.54, 1.807) is 0 Å². The van der Waals surface area contributed by atoms with Gasteiger partial charge in [-0.25, -0.2) is 0 Å². The summed E-state index contributed by atoms with van der Waals surface area (Å²) in [5, 5.41) is 3.47. The largest absolute Gasteiger partial charge is 0.381 e. The lowest BCUT2D eigenvalue weighted by molar-refractivity contribution is 0.0157. The van der Waals surface area contributed by atoms with Crippen molar-refractivity contribution in [3.05, 3.63) is 0 Å². The number of hydrogen-bond donors (Lipinski definition) is 1. The Morgan fingerprint density at radius 3 is 2.12 bits per heavy atom. The van der Waals surface area contributed by atoms with Crippen LogP contribution in [0.15, 0.2) is 0 Å². The third kappa shape index (κ3) is 2.96. The minimum absolute atomic E-state index is 0.769. The van der Waals surface area contributed by atoms with Crippen LogP contribution in [-0.4, -0.2) is 51.3 Å². The maximum atomic E-state index is 5.49. The average Bonchev–Trinajstić information content (AvgIpc) is 2.31. The molecule has 3 heteroatoms. The summed E-state index contributed by atoms with van der Waals surface area (Å²) < 4.78 is 5.49. The standard InChI is InChI=1S/C13H26N2O/c1-15(2)13(11-3-7-14-8-4-11)12-5-9-16-10-6-12/h11-14H,3-10H2,1-2H3. The van der Waals surface area contributed by atoms with Crippen molar-refractivity contribution in [2.24, 2.45) is 11.8 Å². The number of hydrogen-bond acceptors (Lipinski definition) is 3. The molecule has 3 nitrogen and oxygen atoms in total. The van der Waals surface area contributed by atoms with Gasteiger partial charge in [0.15, 0.2) is 0 Å². The summed E-state index contributed by atoms with van der Waals surface area (Å²) in [6.07, 6.45) is 5.21. The van der Waals surface area contributed by atoms with Crippen LogP contribution in [0.25, 0.3) is 0 Å². The first-order valence-electron chi connectivity index (χ1n) is 6.74. The molecule has 2 heterocycles. The molecule has 0 aromatic heterocycles. The second kappa shape index (κ2) is 5.99. The highest BCUT2D eigenvalue weighted by atomic mass is 16.5. The van der Waals surface area contributed by atoms with E-state index in [-0.39, 0.29) is 0 Å². The summed E-state index contributed by atoms with van der Waals surface area (Å²) in [6.45, 7) is 4.36. The molecule has 0 aliphatic carbocycles. The van der Waals surface area contributed by atoms with Gasteiger partial charge in [0.2, 0.25) is 0 Å². The van der Waals surface area contributed by atoms with Gasteiger partial charge in [-0.2, -0.15) is 0 Å². The van der Waals surface area contributed by atoms with E-state index in [1.807, 2.05) is 0 Å². The molecular formula is C13H26N2O. The second-order valence-corrected chi connectivity index (χ2v) is 5.49. The molecule has 0 aromatic rings. The van der Waals surface area contributed by atoms with Crippen molar-refractivity contribution >= 4 is 0 Å². The highest BCUT2D eigenvalue weighted by Gasteiger charge is 2.32. The molecule has 2 fully saturated rings. The van der Waals surface area contributed by atoms with Crippen molar-refractivity contribution < 1.29 is 4.74 Å². The third-order valence-corrected chi connectivity index (χ3v) is 4.21. The van der Waals surface area contributed by atoms with E-state index >= 15 is 0 Å².